The third-order valence-electron chi connectivity index (χ3n) is 3.78. The monoisotopic (exact) mass is 285 g/mol. The van der Waals surface area contributed by atoms with E-state index in [1.54, 1.807) is 0 Å². The Kier molecular flexibility index (Phi) is 5.12. The normalized spacial score (nSPS) is 13.1. The van der Waals surface area contributed by atoms with Gasteiger partial charge in [0.2, 0.25) is 0 Å². The standard InChI is InChI=1S/C18H23NO2/c1-14(19-18(2,12-20)13-21)15-8-10-17(11-9-15)16-6-4-3-5-7-16/h3-11,14,19-21H,12-13H2,1-2H3. The van der Waals surface area contributed by atoms with E-state index in [1.165, 1.54) is 11.1 Å². The van der Waals surface area contributed by atoms with Crippen LogP contribution in [-0.2, 0) is 0 Å². The second-order valence-electron chi connectivity index (χ2n) is 5.73. The zero-order valence-electron chi connectivity index (χ0n) is 12.6. The van der Waals surface area contributed by atoms with E-state index in [9.17, 15) is 10.2 Å². The molecule has 2 aromatic carbocycles. The van der Waals surface area contributed by atoms with Crippen LogP contribution in [0.4, 0.5) is 0 Å². The van der Waals surface area contributed by atoms with Crippen molar-refractivity contribution in [2.24, 2.45) is 0 Å². The molecule has 1 unspecified atom stereocenters. The Hall–Kier alpha value is -1.68. The first-order chi connectivity index (χ1) is 10.1. The van der Waals surface area contributed by atoms with E-state index in [2.05, 4.69) is 41.7 Å². The van der Waals surface area contributed by atoms with Crippen molar-refractivity contribution in [3.8, 4) is 11.1 Å². The van der Waals surface area contributed by atoms with Gasteiger partial charge < -0.3 is 15.5 Å². The van der Waals surface area contributed by atoms with Crippen LogP contribution in [0.1, 0.15) is 25.5 Å². The van der Waals surface area contributed by atoms with E-state index >= 15 is 0 Å². The molecule has 0 aromatic heterocycles. The van der Waals surface area contributed by atoms with Crippen molar-refractivity contribution in [2.75, 3.05) is 13.2 Å². The minimum Gasteiger partial charge on any atom is -0.394 e. The summed E-state index contributed by atoms with van der Waals surface area (Å²) in [5, 5.41) is 22.0. The molecule has 0 amide bonds. The molecule has 1 atom stereocenters. The Balaban J connectivity index is 2.12. The molecule has 0 saturated heterocycles. The van der Waals surface area contributed by atoms with Gasteiger partial charge in [-0.05, 0) is 30.5 Å². The predicted octanol–water partition coefficient (Wildman–Crippen LogP) is 2.75. The molecule has 0 spiro atoms. The van der Waals surface area contributed by atoms with Gasteiger partial charge in [-0.2, -0.15) is 0 Å². The summed E-state index contributed by atoms with van der Waals surface area (Å²) < 4.78 is 0. The first-order valence-corrected chi connectivity index (χ1v) is 7.23. The Morgan fingerprint density at radius 2 is 1.43 bits per heavy atom. The summed E-state index contributed by atoms with van der Waals surface area (Å²) in [6.07, 6.45) is 0. The molecule has 0 aliphatic rings. The van der Waals surface area contributed by atoms with Gasteiger partial charge >= 0.3 is 0 Å². The number of aliphatic hydroxyl groups excluding tert-OH is 2. The maximum absolute atomic E-state index is 9.35. The van der Waals surface area contributed by atoms with E-state index < -0.39 is 5.54 Å². The van der Waals surface area contributed by atoms with Gasteiger partial charge in [-0.1, -0.05) is 54.6 Å². The third kappa shape index (κ3) is 3.91. The maximum Gasteiger partial charge on any atom is 0.0633 e. The fraction of sp³-hybridized carbons (Fsp3) is 0.333. The quantitative estimate of drug-likeness (QED) is 0.765. The highest BCUT2D eigenvalue weighted by Gasteiger charge is 2.24. The molecule has 0 radical (unpaired) electrons. The number of hydrogen-bond donors (Lipinski definition) is 3. The number of hydrogen-bond acceptors (Lipinski definition) is 3. The van der Waals surface area contributed by atoms with E-state index in [4.69, 9.17) is 0 Å². The molecule has 0 saturated carbocycles. The van der Waals surface area contributed by atoms with Gasteiger partial charge in [0.15, 0.2) is 0 Å². The Bertz CT molecular complexity index is 547. The van der Waals surface area contributed by atoms with Crippen molar-refractivity contribution in [2.45, 2.75) is 25.4 Å². The first-order valence-electron chi connectivity index (χ1n) is 7.23. The van der Waals surface area contributed by atoms with Crippen molar-refractivity contribution < 1.29 is 10.2 Å². The van der Waals surface area contributed by atoms with Crippen LogP contribution in [0.15, 0.2) is 54.6 Å². The summed E-state index contributed by atoms with van der Waals surface area (Å²) in [6.45, 7) is 3.63. The number of aliphatic hydroxyl groups is 2. The summed E-state index contributed by atoms with van der Waals surface area (Å²) in [5.74, 6) is 0. The van der Waals surface area contributed by atoms with Gasteiger partial charge in [0.1, 0.15) is 0 Å². The molecule has 2 aromatic rings. The lowest BCUT2D eigenvalue weighted by Gasteiger charge is -2.30. The summed E-state index contributed by atoms with van der Waals surface area (Å²) in [5.41, 5.74) is 2.83. The average molecular weight is 285 g/mol. The molecule has 0 fully saturated rings. The summed E-state index contributed by atoms with van der Waals surface area (Å²) in [7, 11) is 0. The Morgan fingerprint density at radius 3 is 1.95 bits per heavy atom. The topological polar surface area (TPSA) is 52.5 Å². The van der Waals surface area contributed by atoms with Crippen molar-refractivity contribution in [1.29, 1.82) is 0 Å². The van der Waals surface area contributed by atoms with Crippen molar-refractivity contribution in [3.63, 3.8) is 0 Å². The fourth-order valence-electron chi connectivity index (χ4n) is 2.34. The van der Waals surface area contributed by atoms with Crippen LogP contribution in [0, 0.1) is 0 Å². The summed E-state index contributed by atoms with van der Waals surface area (Å²) >= 11 is 0. The molecule has 0 heterocycles. The number of rotatable bonds is 6. The van der Waals surface area contributed by atoms with E-state index in [0.29, 0.717) is 0 Å². The molecule has 112 valence electrons. The highest BCUT2D eigenvalue weighted by atomic mass is 16.3. The minimum atomic E-state index is -0.669. The molecular weight excluding hydrogens is 262 g/mol. The third-order valence-corrected chi connectivity index (χ3v) is 3.78. The Labute approximate surface area is 126 Å². The van der Waals surface area contributed by atoms with Crippen molar-refractivity contribution in [1.82, 2.24) is 5.32 Å². The lowest BCUT2D eigenvalue weighted by atomic mass is 9.98. The van der Waals surface area contributed by atoms with Crippen LogP contribution >= 0.6 is 0 Å². The Morgan fingerprint density at radius 1 is 0.905 bits per heavy atom. The summed E-state index contributed by atoms with van der Waals surface area (Å²) in [6, 6.07) is 18.6. The lowest BCUT2D eigenvalue weighted by molar-refractivity contribution is 0.0957. The molecule has 0 aliphatic heterocycles. The largest absolute Gasteiger partial charge is 0.394 e. The van der Waals surface area contributed by atoms with Gasteiger partial charge in [-0.25, -0.2) is 0 Å². The predicted molar refractivity (Wildman–Crippen MR) is 86.0 cm³/mol. The van der Waals surface area contributed by atoms with Crippen LogP contribution in [0.25, 0.3) is 11.1 Å². The molecule has 3 heteroatoms. The van der Waals surface area contributed by atoms with E-state index in [-0.39, 0.29) is 19.3 Å². The van der Waals surface area contributed by atoms with Gasteiger partial charge in [-0.15, -0.1) is 0 Å². The SMILES string of the molecule is CC(NC(C)(CO)CO)c1ccc(-c2ccccc2)cc1. The summed E-state index contributed by atoms with van der Waals surface area (Å²) in [4.78, 5) is 0. The van der Waals surface area contributed by atoms with Gasteiger partial charge in [0, 0.05) is 6.04 Å². The molecule has 0 aliphatic carbocycles. The molecule has 3 nitrogen and oxygen atoms in total. The van der Waals surface area contributed by atoms with Gasteiger partial charge in [-0.3, -0.25) is 0 Å². The van der Waals surface area contributed by atoms with Gasteiger partial charge in [0.25, 0.3) is 0 Å². The molecule has 0 bridgehead atoms. The molecule has 21 heavy (non-hydrogen) atoms. The van der Waals surface area contributed by atoms with Crippen LogP contribution in [-0.4, -0.2) is 29.0 Å². The number of benzene rings is 2. The van der Waals surface area contributed by atoms with Crippen LogP contribution in [0.5, 0.6) is 0 Å². The van der Waals surface area contributed by atoms with Crippen LogP contribution < -0.4 is 5.32 Å². The van der Waals surface area contributed by atoms with Gasteiger partial charge in [0.05, 0.1) is 18.8 Å². The second kappa shape index (κ2) is 6.85. The molecule has 3 N–H and O–H groups in total. The maximum atomic E-state index is 9.35. The highest BCUT2D eigenvalue weighted by molar-refractivity contribution is 5.63. The highest BCUT2D eigenvalue weighted by Crippen LogP contribution is 2.22. The number of nitrogens with one attached hydrogen (secondary N) is 1. The minimum absolute atomic E-state index is 0.0547. The zero-order chi connectivity index (χ0) is 15.3. The smallest absolute Gasteiger partial charge is 0.0633 e. The molecule has 2 rings (SSSR count). The fourth-order valence-corrected chi connectivity index (χ4v) is 2.34. The van der Waals surface area contributed by atoms with E-state index in [0.717, 1.165) is 5.56 Å². The van der Waals surface area contributed by atoms with Crippen molar-refractivity contribution >= 4 is 0 Å². The molecular formula is C18H23NO2. The lowest BCUT2D eigenvalue weighted by Crippen LogP contribution is -2.49. The average Bonchev–Trinajstić information content (AvgIpc) is 2.55. The second-order valence-corrected chi connectivity index (χ2v) is 5.73. The van der Waals surface area contributed by atoms with E-state index in [1.807, 2.05) is 32.0 Å². The zero-order valence-corrected chi connectivity index (χ0v) is 12.6. The van der Waals surface area contributed by atoms with Crippen molar-refractivity contribution in [3.05, 3.63) is 60.2 Å². The van der Waals surface area contributed by atoms with Crippen LogP contribution in [0.2, 0.25) is 0 Å². The van der Waals surface area contributed by atoms with Crippen LogP contribution in [0.3, 0.4) is 0 Å². The first kappa shape index (κ1) is 15.7.